The van der Waals surface area contributed by atoms with E-state index >= 15 is 0 Å². The average Bonchev–Trinajstić information content (AvgIpc) is 2.91. The van der Waals surface area contributed by atoms with E-state index in [4.69, 9.17) is 37.1 Å². The number of hydrogen-bond acceptors (Lipinski definition) is 14. The Morgan fingerprint density at radius 2 is 1.98 bits per heavy atom. The van der Waals surface area contributed by atoms with Crippen LogP contribution in [0.5, 0.6) is 0 Å². The first-order valence-electron chi connectivity index (χ1n) is 13.9. The number of hydrogen-bond donors (Lipinski definition) is 11. The standard InChI is InChI=1S/C25H49N7O8/c1-25(37)11-38-24(19(35)22(25)30-2)40-21-15(32-23(36)16(33)9-27)8-14(29)17(18(21)34)20-13(28)5-4-12(39-20)10-31-7-3-6-26/h4,13-22,24,30-31,33-35,37H,3,5-11,26-29H2,1-2H3,(H,32,36)/t13-,14+,15-,16+,17-,18+,19-,20?,21+,22-,24-,25+/m1/s1. The molecule has 2 heterocycles. The van der Waals surface area contributed by atoms with E-state index in [2.05, 4.69) is 16.0 Å². The summed E-state index contributed by atoms with van der Waals surface area (Å²) in [7, 11) is 1.59. The molecule has 15 N–H and O–H groups in total. The quantitative estimate of drug-likeness (QED) is 0.0972. The second-order valence-corrected chi connectivity index (χ2v) is 11.2. The van der Waals surface area contributed by atoms with E-state index in [-0.39, 0.29) is 19.6 Å². The van der Waals surface area contributed by atoms with Gasteiger partial charge in [-0.05, 0) is 52.4 Å². The summed E-state index contributed by atoms with van der Waals surface area (Å²) in [5, 5.41) is 52.0. The molecule has 1 amide bonds. The smallest absolute Gasteiger partial charge is 0.250 e. The van der Waals surface area contributed by atoms with Crippen LogP contribution in [0, 0.1) is 5.92 Å². The summed E-state index contributed by atoms with van der Waals surface area (Å²) in [4.78, 5) is 12.6. The predicted molar refractivity (Wildman–Crippen MR) is 145 cm³/mol. The molecule has 2 fully saturated rings. The van der Waals surface area contributed by atoms with Gasteiger partial charge in [-0.15, -0.1) is 0 Å². The topological polar surface area (TPSA) is 266 Å². The number of nitrogens with one attached hydrogen (secondary N) is 3. The van der Waals surface area contributed by atoms with Crippen molar-refractivity contribution in [3.63, 3.8) is 0 Å². The average molecular weight is 576 g/mol. The van der Waals surface area contributed by atoms with Gasteiger partial charge in [0, 0.05) is 24.5 Å². The zero-order valence-corrected chi connectivity index (χ0v) is 23.3. The summed E-state index contributed by atoms with van der Waals surface area (Å²) < 4.78 is 18.0. The van der Waals surface area contributed by atoms with E-state index in [1.54, 1.807) is 7.05 Å². The third-order valence-electron chi connectivity index (χ3n) is 8.00. The van der Waals surface area contributed by atoms with Crippen LogP contribution in [0.15, 0.2) is 11.8 Å². The van der Waals surface area contributed by atoms with Crippen molar-refractivity contribution in [3.05, 3.63) is 11.8 Å². The first-order valence-corrected chi connectivity index (χ1v) is 13.9. The third-order valence-corrected chi connectivity index (χ3v) is 8.00. The van der Waals surface area contributed by atoms with E-state index in [9.17, 15) is 25.2 Å². The highest BCUT2D eigenvalue weighted by Crippen LogP contribution is 2.36. The van der Waals surface area contributed by atoms with Crippen LogP contribution in [-0.4, -0.2) is 133 Å². The van der Waals surface area contributed by atoms with Crippen LogP contribution in [0.3, 0.4) is 0 Å². The number of aliphatic hydroxyl groups excluding tert-OH is 3. The molecule has 0 radical (unpaired) electrons. The number of amides is 1. The fourth-order valence-corrected chi connectivity index (χ4v) is 5.78. The summed E-state index contributed by atoms with van der Waals surface area (Å²) in [6.07, 6.45) is -3.79. The largest absolute Gasteiger partial charge is 0.492 e. The maximum Gasteiger partial charge on any atom is 0.250 e. The predicted octanol–water partition coefficient (Wildman–Crippen LogP) is -5.12. The van der Waals surface area contributed by atoms with Gasteiger partial charge in [-0.2, -0.15) is 0 Å². The molecule has 1 aliphatic carbocycles. The van der Waals surface area contributed by atoms with Crippen molar-refractivity contribution in [1.29, 1.82) is 0 Å². The van der Waals surface area contributed by atoms with Gasteiger partial charge in [0.2, 0.25) is 5.91 Å². The number of rotatable bonds is 12. The lowest BCUT2D eigenvalue weighted by Gasteiger charge is -2.50. The maximum absolute atomic E-state index is 12.6. The van der Waals surface area contributed by atoms with Gasteiger partial charge in [0.05, 0.1) is 31.3 Å². The Hall–Kier alpha value is -1.47. The van der Waals surface area contributed by atoms with Crippen molar-refractivity contribution in [2.45, 2.75) is 92.8 Å². The van der Waals surface area contributed by atoms with Crippen molar-refractivity contribution in [3.8, 4) is 0 Å². The Balaban J connectivity index is 1.83. The molecule has 15 nitrogen and oxygen atoms in total. The lowest BCUT2D eigenvalue weighted by molar-refractivity contribution is -0.297. The van der Waals surface area contributed by atoms with Crippen LogP contribution in [0.4, 0.5) is 0 Å². The van der Waals surface area contributed by atoms with Gasteiger partial charge in [0.1, 0.15) is 35.8 Å². The molecule has 3 rings (SSSR count). The van der Waals surface area contributed by atoms with Crippen molar-refractivity contribution in [2.24, 2.45) is 28.9 Å². The van der Waals surface area contributed by atoms with Gasteiger partial charge in [0.15, 0.2) is 6.29 Å². The number of nitrogens with two attached hydrogens (primary N) is 4. The maximum atomic E-state index is 12.6. The number of ether oxygens (including phenoxy) is 3. The molecule has 12 atom stereocenters. The molecule has 1 saturated carbocycles. The molecule has 1 unspecified atom stereocenters. The molecule has 0 aromatic heterocycles. The molecule has 0 bridgehead atoms. The van der Waals surface area contributed by atoms with Crippen LogP contribution in [0.25, 0.3) is 0 Å². The first-order chi connectivity index (χ1) is 18.9. The van der Waals surface area contributed by atoms with Crippen LogP contribution >= 0.6 is 0 Å². The molecular formula is C25H49N7O8. The summed E-state index contributed by atoms with van der Waals surface area (Å²) in [6, 6.07) is -2.80. The van der Waals surface area contributed by atoms with Crippen LogP contribution in [0.2, 0.25) is 0 Å². The molecule has 232 valence electrons. The molecule has 0 aromatic rings. The lowest BCUT2D eigenvalue weighted by Crippen LogP contribution is -2.69. The molecular weight excluding hydrogens is 526 g/mol. The zero-order valence-electron chi connectivity index (χ0n) is 23.3. The monoisotopic (exact) mass is 575 g/mol. The van der Waals surface area contributed by atoms with Crippen LogP contribution in [-0.2, 0) is 19.0 Å². The molecule has 15 heteroatoms. The second kappa shape index (κ2) is 14.6. The summed E-state index contributed by atoms with van der Waals surface area (Å²) in [6.45, 7) is 2.81. The Labute approximate surface area is 234 Å². The van der Waals surface area contributed by atoms with E-state index in [1.165, 1.54) is 6.92 Å². The second-order valence-electron chi connectivity index (χ2n) is 11.2. The van der Waals surface area contributed by atoms with E-state index in [0.717, 1.165) is 13.0 Å². The van der Waals surface area contributed by atoms with Gasteiger partial charge in [0.25, 0.3) is 0 Å². The highest BCUT2D eigenvalue weighted by atomic mass is 16.7. The van der Waals surface area contributed by atoms with Crippen LogP contribution < -0.4 is 38.9 Å². The van der Waals surface area contributed by atoms with Crippen molar-refractivity contribution < 1.29 is 39.4 Å². The first kappa shape index (κ1) is 33.0. The van der Waals surface area contributed by atoms with E-state index in [1.807, 2.05) is 6.08 Å². The third kappa shape index (κ3) is 7.67. The molecule has 0 spiro atoms. The zero-order chi connectivity index (χ0) is 29.6. The summed E-state index contributed by atoms with van der Waals surface area (Å²) >= 11 is 0. The number of likely N-dealkylation sites (N-methyl/N-ethyl adjacent to an activating group) is 1. The van der Waals surface area contributed by atoms with E-state index in [0.29, 0.717) is 25.3 Å². The minimum absolute atomic E-state index is 0.145. The van der Waals surface area contributed by atoms with Gasteiger partial charge in [-0.25, -0.2) is 0 Å². The van der Waals surface area contributed by atoms with Gasteiger partial charge in [-0.3, -0.25) is 4.79 Å². The number of aliphatic hydroxyl groups is 4. The van der Waals surface area contributed by atoms with Crippen molar-refractivity contribution >= 4 is 5.91 Å². The Kier molecular flexibility index (Phi) is 12.1. The number of carbonyl (C=O) groups excluding carboxylic acids is 1. The van der Waals surface area contributed by atoms with Crippen molar-refractivity contribution in [2.75, 3.05) is 39.8 Å². The van der Waals surface area contributed by atoms with Gasteiger partial charge in [-0.1, -0.05) is 0 Å². The Morgan fingerprint density at radius 1 is 1.25 bits per heavy atom. The SMILES string of the molecule is CN[C@@H]1[C@@H](O)[C@@H](O[C@@H]2[C@@H](O)[C@H](C3OC(CNCCCN)=CC[C@H]3N)[C@@H](N)C[C@H]2NC(=O)[C@@H](O)CN)OC[C@]1(C)O. The minimum Gasteiger partial charge on any atom is -0.492 e. The fourth-order valence-electron chi connectivity index (χ4n) is 5.78. The molecule has 0 aromatic carbocycles. The summed E-state index contributed by atoms with van der Waals surface area (Å²) in [5.74, 6) is -0.782. The Bertz CT molecular complexity index is 852. The van der Waals surface area contributed by atoms with Crippen molar-refractivity contribution in [1.82, 2.24) is 16.0 Å². The summed E-state index contributed by atoms with van der Waals surface area (Å²) in [5.41, 5.74) is 22.6. The molecule has 1 saturated heterocycles. The number of carbonyl (C=O) groups is 1. The van der Waals surface area contributed by atoms with Crippen LogP contribution in [0.1, 0.15) is 26.2 Å². The highest BCUT2D eigenvalue weighted by Gasteiger charge is 2.53. The highest BCUT2D eigenvalue weighted by molar-refractivity contribution is 5.81. The molecule has 40 heavy (non-hydrogen) atoms. The lowest BCUT2D eigenvalue weighted by atomic mass is 9.72. The van der Waals surface area contributed by atoms with E-state index < -0.39 is 78.4 Å². The normalized spacial score (nSPS) is 41.1. The van der Waals surface area contributed by atoms with Gasteiger partial charge >= 0.3 is 0 Å². The molecule has 3 aliphatic rings. The molecule has 2 aliphatic heterocycles. The fraction of sp³-hybridized carbons (Fsp3) is 0.880. The minimum atomic E-state index is -1.47. The Morgan fingerprint density at radius 3 is 2.62 bits per heavy atom. The van der Waals surface area contributed by atoms with Gasteiger partial charge < -0.3 is 73.5 Å².